The zero-order valence-corrected chi connectivity index (χ0v) is 10.0. The summed E-state index contributed by atoms with van der Waals surface area (Å²) >= 11 is 0. The molecule has 0 unspecified atom stereocenters. The molecule has 1 heterocycles. The Kier molecular flexibility index (Phi) is 3.14. The average molecular weight is 228 g/mol. The highest BCUT2D eigenvalue weighted by Gasteiger charge is 2.03. The number of nitrogens with one attached hydrogen (secondary N) is 1. The Bertz CT molecular complexity index is 491. The third-order valence-electron chi connectivity index (χ3n) is 2.43. The molecule has 1 aromatic heterocycles. The highest BCUT2D eigenvalue weighted by Crippen LogP contribution is 2.26. The van der Waals surface area contributed by atoms with Crippen molar-refractivity contribution in [1.82, 2.24) is 4.98 Å². The summed E-state index contributed by atoms with van der Waals surface area (Å²) < 4.78 is 0. The number of hydrogen-bond acceptors (Lipinski definition) is 4. The number of anilines is 4. The molecular weight excluding hydrogens is 212 g/mol. The van der Waals surface area contributed by atoms with Crippen LogP contribution in [0.2, 0.25) is 0 Å². The molecule has 4 heteroatoms. The normalized spacial score (nSPS) is 10.0. The lowest BCUT2D eigenvalue weighted by Crippen LogP contribution is -2.10. The Morgan fingerprint density at radius 1 is 1.12 bits per heavy atom. The molecule has 0 amide bonds. The van der Waals surface area contributed by atoms with Crippen LogP contribution in [0.3, 0.4) is 0 Å². The fraction of sp³-hybridized carbons (Fsp3) is 0.154. The third kappa shape index (κ3) is 2.66. The molecule has 2 rings (SSSR count). The van der Waals surface area contributed by atoms with Crippen molar-refractivity contribution in [2.45, 2.75) is 0 Å². The smallest absolute Gasteiger partial charge is 0.130 e. The molecule has 0 radical (unpaired) electrons. The first-order valence-corrected chi connectivity index (χ1v) is 5.42. The summed E-state index contributed by atoms with van der Waals surface area (Å²) in [5.74, 6) is 0.786. The van der Waals surface area contributed by atoms with Crippen molar-refractivity contribution < 1.29 is 0 Å². The van der Waals surface area contributed by atoms with E-state index in [0.29, 0.717) is 5.69 Å². The van der Waals surface area contributed by atoms with Crippen LogP contribution in [0.1, 0.15) is 0 Å². The molecule has 17 heavy (non-hydrogen) atoms. The zero-order chi connectivity index (χ0) is 12.3. The number of rotatable bonds is 3. The van der Waals surface area contributed by atoms with Crippen molar-refractivity contribution in [2.24, 2.45) is 0 Å². The van der Waals surface area contributed by atoms with Gasteiger partial charge in [0.05, 0.1) is 23.3 Å². The van der Waals surface area contributed by atoms with E-state index in [0.717, 1.165) is 17.2 Å². The van der Waals surface area contributed by atoms with Gasteiger partial charge in [-0.3, -0.25) is 0 Å². The third-order valence-corrected chi connectivity index (χ3v) is 2.43. The first kappa shape index (κ1) is 11.3. The van der Waals surface area contributed by atoms with E-state index in [1.165, 1.54) is 0 Å². The minimum atomic E-state index is 0.663. The molecule has 88 valence electrons. The fourth-order valence-corrected chi connectivity index (χ4v) is 1.59. The number of para-hydroxylation sites is 2. The quantitative estimate of drug-likeness (QED) is 0.847. The predicted molar refractivity (Wildman–Crippen MR) is 72.7 cm³/mol. The molecule has 0 saturated heterocycles. The van der Waals surface area contributed by atoms with Crippen molar-refractivity contribution in [2.75, 3.05) is 30.0 Å². The van der Waals surface area contributed by atoms with Crippen molar-refractivity contribution in [1.29, 1.82) is 0 Å². The monoisotopic (exact) mass is 228 g/mol. The second-order valence-electron chi connectivity index (χ2n) is 4.01. The van der Waals surface area contributed by atoms with Crippen molar-refractivity contribution >= 4 is 22.9 Å². The van der Waals surface area contributed by atoms with Gasteiger partial charge >= 0.3 is 0 Å². The van der Waals surface area contributed by atoms with Gasteiger partial charge in [0, 0.05) is 14.1 Å². The van der Waals surface area contributed by atoms with Gasteiger partial charge in [0.15, 0.2) is 0 Å². The van der Waals surface area contributed by atoms with Crippen LogP contribution in [-0.4, -0.2) is 19.1 Å². The van der Waals surface area contributed by atoms with E-state index >= 15 is 0 Å². The standard InChI is InChI=1S/C13H16N4/c1-17(2)12-6-4-3-5-11(12)16-13-8-7-10(14)9-15-13/h3-9H,14H2,1-2H3,(H,15,16). The van der Waals surface area contributed by atoms with Crippen LogP contribution in [0.25, 0.3) is 0 Å². The maximum atomic E-state index is 5.60. The van der Waals surface area contributed by atoms with E-state index in [-0.39, 0.29) is 0 Å². The first-order valence-electron chi connectivity index (χ1n) is 5.42. The van der Waals surface area contributed by atoms with Gasteiger partial charge in [-0.05, 0) is 24.3 Å². The second kappa shape index (κ2) is 4.74. The molecule has 0 spiro atoms. The van der Waals surface area contributed by atoms with E-state index in [1.54, 1.807) is 6.20 Å². The molecule has 0 aliphatic heterocycles. The Balaban J connectivity index is 2.26. The molecule has 0 aliphatic carbocycles. The van der Waals surface area contributed by atoms with Crippen LogP contribution in [-0.2, 0) is 0 Å². The van der Waals surface area contributed by atoms with Crippen molar-refractivity contribution in [3.8, 4) is 0 Å². The van der Waals surface area contributed by atoms with Crippen LogP contribution < -0.4 is 16.0 Å². The van der Waals surface area contributed by atoms with Crippen molar-refractivity contribution in [3.63, 3.8) is 0 Å². The summed E-state index contributed by atoms with van der Waals surface area (Å²) in [7, 11) is 4.02. The zero-order valence-electron chi connectivity index (χ0n) is 10.0. The van der Waals surface area contributed by atoms with E-state index in [2.05, 4.69) is 21.3 Å². The molecule has 2 aromatic rings. The van der Waals surface area contributed by atoms with Crippen molar-refractivity contribution in [3.05, 3.63) is 42.6 Å². The van der Waals surface area contributed by atoms with E-state index < -0.39 is 0 Å². The summed E-state index contributed by atoms with van der Waals surface area (Å²) in [5, 5.41) is 3.27. The molecule has 0 bridgehead atoms. The minimum Gasteiger partial charge on any atom is -0.397 e. The topological polar surface area (TPSA) is 54.2 Å². The van der Waals surface area contributed by atoms with Crippen LogP contribution in [0.15, 0.2) is 42.6 Å². The number of nitrogens with zero attached hydrogens (tertiary/aromatic N) is 2. The predicted octanol–water partition coefficient (Wildman–Crippen LogP) is 2.47. The fourth-order valence-electron chi connectivity index (χ4n) is 1.59. The Hall–Kier alpha value is -2.23. The van der Waals surface area contributed by atoms with E-state index in [4.69, 9.17) is 5.73 Å². The van der Waals surface area contributed by atoms with Gasteiger partial charge in [0.2, 0.25) is 0 Å². The van der Waals surface area contributed by atoms with Gasteiger partial charge < -0.3 is 16.0 Å². The average Bonchev–Trinajstić information content (AvgIpc) is 2.32. The first-order chi connectivity index (χ1) is 8.16. The number of nitrogen functional groups attached to an aromatic ring is 1. The van der Waals surface area contributed by atoms with Gasteiger partial charge in [-0.15, -0.1) is 0 Å². The number of hydrogen-bond donors (Lipinski definition) is 2. The number of benzene rings is 1. The molecule has 0 saturated carbocycles. The van der Waals surface area contributed by atoms with Gasteiger partial charge in [0.1, 0.15) is 5.82 Å². The molecule has 4 nitrogen and oxygen atoms in total. The SMILES string of the molecule is CN(C)c1ccccc1Nc1ccc(N)cn1. The number of aromatic nitrogens is 1. The highest BCUT2D eigenvalue weighted by atomic mass is 15.1. The van der Waals surface area contributed by atoms with Crippen LogP contribution in [0.5, 0.6) is 0 Å². The summed E-state index contributed by atoms with van der Waals surface area (Å²) in [4.78, 5) is 6.27. The van der Waals surface area contributed by atoms with Gasteiger partial charge in [-0.25, -0.2) is 4.98 Å². The summed E-state index contributed by atoms with van der Waals surface area (Å²) in [5.41, 5.74) is 8.40. The summed E-state index contributed by atoms with van der Waals surface area (Å²) in [6, 6.07) is 11.8. The maximum Gasteiger partial charge on any atom is 0.130 e. The lowest BCUT2D eigenvalue weighted by atomic mass is 10.2. The lowest BCUT2D eigenvalue weighted by Gasteiger charge is -2.17. The Morgan fingerprint density at radius 2 is 1.88 bits per heavy atom. The minimum absolute atomic E-state index is 0.663. The van der Waals surface area contributed by atoms with Crippen LogP contribution in [0, 0.1) is 0 Å². The Labute approximate surface area is 101 Å². The van der Waals surface area contributed by atoms with E-state index in [1.807, 2.05) is 44.4 Å². The molecule has 3 N–H and O–H groups in total. The number of pyridine rings is 1. The molecule has 1 aromatic carbocycles. The van der Waals surface area contributed by atoms with Crippen LogP contribution in [0.4, 0.5) is 22.9 Å². The van der Waals surface area contributed by atoms with Gasteiger partial charge in [0.25, 0.3) is 0 Å². The maximum absolute atomic E-state index is 5.60. The number of nitrogens with two attached hydrogens (primary N) is 1. The highest BCUT2D eigenvalue weighted by molar-refractivity contribution is 5.73. The summed E-state index contributed by atoms with van der Waals surface area (Å²) in [6.07, 6.45) is 1.64. The molecular formula is C13H16N4. The van der Waals surface area contributed by atoms with E-state index in [9.17, 15) is 0 Å². The van der Waals surface area contributed by atoms with Gasteiger partial charge in [-0.1, -0.05) is 12.1 Å². The van der Waals surface area contributed by atoms with Crippen LogP contribution >= 0.6 is 0 Å². The second-order valence-corrected chi connectivity index (χ2v) is 4.01. The summed E-state index contributed by atoms with van der Waals surface area (Å²) in [6.45, 7) is 0. The lowest BCUT2D eigenvalue weighted by molar-refractivity contribution is 1.13. The van der Waals surface area contributed by atoms with Gasteiger partial charge in [-0.2, -0.15) is 0 Å². The Morgan fingerprint density at radius 3 is 2.53 bits per heavy atom. The molecule has 0 aliphatic rings. The molecule has 0 atom stereocenters. The largest absolute Gasteiger partial charge is 0.397 e. The molecule has 0 fully saturated rings.